The second-order valence-corrected chi connectivity index (χ2v) is 9.42. The number of Topliss-reactive ketones (excluding diaryl/α,β-unsaturated/α-hetero) is 1. The normalized spacial score (nSPS) is 20.6. The number of aryl methyl sites for hydroxylation is 1. The third-order valence-corrected chi connectivity index (χ3v) is 7.17. The van der Waals surface area contributed by atoms with Crippen LogP contribution in [0.3, 0.4) is 0 Å². The molecular weight excluding hydrogens is 440 g/mol. The van der Waals surface area contributed by atoms with Crippen LogP contribution < -0.4 is 9.80 Å². The molecule has 0 spiro atoms. The first kappa shape index (κ1) is 23.0. The van der Waals surface area contributed by atoms with E-state index in [2.05, 4.69) is 11.8 Å². The smallest absolute Gasteiger partial charge is 0.300 e. The number of furan rings is 1. The number of hydrogen-bond donors (Lipinski definition) is 1. The van der Waals surface area contributed by atoms with Crippen molar-refractivity contribution in [1.29, 1.82) is 0 Å². The second kappa shape index (κ2) is 9.45. The fraction of sp³-hybridized carbons (Fsp3) is 0.310. The molecule has 2 aliphatic heterocycles. The molecule has 1 N–H and O–H groups in total. The molecule has 1 amide bonds. The number of rotatable bonds is 5. The van der Waals surface area contributed by atoms with Gasteiger partial charge in [-0.05, 0) is 67.1 Å². The minimum atomic E-state index is -0.850. The molecule has 2 saturated heterocycles. The van der Waals surface area contributed by atoms with Gasteiger partial charge in [-0.25, -0.2) is 0 Å². The Morgan fingerprint density at radius 1 is 0.971 bits per heavy atom. The summed E-state index contributed by atoms with van der Waals surface area (Å²) in [5.41, 5.74) is 3.33. The zero-order valence-electron chi connectivity index (χ0n) is 20.1. The highest BCUT2D eigenvalue weighted by molar-refractivity contribution is 6.51. The first-order valence-electron chi connectivity index (χ1n) is 12.3. The predicted octanol–water partition coefficient (Wildman–Crippen LogP) is 5.70. The number of carbonyl (C=O) groups excluding carboxylic acids is 2. The Morgan fingerprint density at radius 2 is 1.63 bits per heavy atom. The molecule has 0 aliphatic carbocycles. The summed E-state index contributed by atoms with van der Waals surface area (Å²) >= 11 is 0. The van der Waals surface area contributed by atoms with Gasteiger partial charge in [0.25, 0.3) is 11.7 Å². The third kappa shape index (κ3) is 4.25. The lowest BCUT2D eigenvalue weighted by atomic mass is 9.98. The molecule has 5 rings (SSSR count). The number of benzene rings is 2. The van der Waals surface area contributed by atoms with Crippen molar-refractivity contribution in [2.24, 2.45) is 5.92 Å². The molecule has 6 nitrogen and oxygen atoms in total. The molecule has 3 heterocycles. The van der Waals surface area contributed by atoms with Crippen LogP contribution in [0, 0.1) is 5.92 Å². The van der Waals surface area contributed by atoms with Gasteiger partial charge in [0.1, 0.15) is 17.6 Å². The first-order chi connectivity index (χ1) is 17.0. The van der Waals surface area contributed by atoms with Gasteiger partial charge in [-0.3, -0.25) is 14.5 Å². The maximum Gasteiger partial charge on any atom is 0.300 e. The Hall–Kier alpha value is -3.80. The van der Waals surface area contributed by atoms with E-state index >= 15 is 0 Å². The van der Waals surface area contributed by atoms with Crippen LogP contribution in [0.15, 0.2) is 76.9 Å². The molecule has 6 heteroatoms. The Morgan fingerprint density at radius 3 is 2.23 bits per heavy atom. The van der Waals surface area contributed by atoms with E-state index in [4.69, 9.17) is 4.42 Å². The minimum Gasteiger partial charge on any atom is -0.507 e. The molecule has 2 fully saturated rings. The quantitative estimate of drug-likeness (QED) is 0.294. The summed E-state index contributed by atoms with van der Waals surface area (Å²) in [6, 6.07) is 17.7. The van der Waals surface area contributed by atoms with E-state index in [0.717, 1.165) is 49.5 Å². The highest BCUT2D eigenvalue weighted by Crippen LogP contribution is 2.42. The molecule has 2 aliphatic rings. The standard InChI is InChI=1S/C29H30N2O4/c1-3-20-6-8-21(9-7-20)27(32)25-26(24-5-4-18-35-24)31(29(34)28(25)33)23-12-10-22(11-13-23)30-16-14-19(2)15-17-30/h4-13,18-19,26,32H,3,14-17H2,1-2H3/b27-25-. The van der Waals surface area contributed by atoms with Gasteiger partial charge >= 0.3 is 0 Å². The fourth-order valence-electron chi connectivity index (χ4n) is 4.96. The molecule has 0 bridgehead atoms. The van der Waals surface area contributed by atoms with Gasteiger partial charge < -0.3 is 14.4 Å². The predicted molar refractivity (Wildman–Crippen MR) is 136 cm³/mol. The van der Waals surface area contributed by atoms with Crippen LogP contribution in [-0.4, -0.2) is 29.9 Å². The van der Waals surface area contributed by atoms with Crippen LogP contribution in [0.5, 0.6) is 0 Å². The van der Waals surface area contributed by atoms with Gasteiger partial charge in [0.15, 0.2) is 0 Å². The van der Waals surface area contributed by atoms with E-state index in [1.807, 2.05) is 43.3 Å². The average molecular weight is 471 g/mol. The van der Waals surface area contributed by atoms with Crippen LogP contribution in [0.1, 0.15) is 49.6 Å². The Balaban J connectivity index is 1.53. The van der Waals surface area contributed by atoms with Crippen molar-refractivity contribution in [1.82, 2.24) is 0 Å². The number of anilines is 2. The number of amides is 1. The topological polar surface area (TPSA) is 74.0 Å². The Kier molecular flexibility index (Phi) is 6.20. The van der Waals surface area contributed by atoms with Crippen LogP contribution in [0.25, 0.3) is 5.76 Å². The molecule has 2 aromatic carbocycles. The summed E-state index contributed by atoms with van der Waals surface area (Å²) in [7, 11) is 0. The van der Waals surface area contributed by atoms with E-state index < -0.39 is 17.7 Å². The Labute approximate surface area is 205 Å². The number of aliphatic hydroxyl groups excluding tert-OH is 1. The van der Waals surface area contributed by atoms with Crippen molar-refractivity contribution in [3.05, 3.63) is 89.4 Å². The lowest BCUT2D eigenvalue weighted by molar-refractivity contribution is -0.132. The van der Waals surface area contributed by atoms with Crippen LogP contribution in [-0.2, 0) is 16.0 Å². The van der Waals surface area contributed by atoms with Crippen LogP contribution in [0.2, 0.25) is 0 Å². The van der Waals surface area contributed by atoms with E-state index in [9.17, 15) is 14.7 Å². The number of ketones is 1. The largest absolute Gasteiger partial charge is 0.507 e. The van der Waals surface area contributed by atoms with Crippen molar-refractivity contribution in [2.75, 3.05) is 22.9 Å². The number of hydrogen-bond acceptors (Lipinski definition) is 5. The molecule has 1 unspecified atom stereocenters. The zero-order chi connectivity index (χ0) is 24.5. The monoisotopic (exact) mass is 470 g/mol. The summed E-state index contributed by atoms with van der Waals surface area (Å²) in [4.78, 5) is 30.3. The molecule has 35 heavy (non-hydrogen) atoms. The number of nitrogens with zero attached hydrogens (tertiary/aromatic N) is 2. The Bertz CT molecular complexity index is 1230. The van der Waals surface area contributed by atoms with Crippen molar-refractivity contribution < 1.29 is 19.1 Å². The van der Waals surface area contributed by atoms with Crippen LogP contribution in [0.4, 0.5) is 11.4 Å². The number of carbonyl (C=O) groups is 2. The molecular formula is C29H30N2O4. The van der Waals surface area contributed by atoms with Gasteiger partial charge in [0.05, 0.1) is 11.8 Å². The summed E-state index contributed by atoms with van der Waals surface area (Å²) in [5.74, 6) is -0.446. The van der Waals surface area contributed by atoms with Gasteiger partial charge in [0, 0.05) is 30.0 Å². The lowest BCUT2D eigenvalue weighted by Crippen LogP contribution is -2.33. The minimum absolute atomic E-state index is 0.0308. The van der Waals surface area contributed by atoms with Crippen molar-refractivity contribution >= 4 is 28.8 Å². The van der Waals surface area contributed by atoms with Gasteiger partial charge in [-0.1, -0.05) is 38.1 Å². The summed E-state index contributed by atoms with van der Waals surface area (Å²) < 4.78 is 5.65. The summed E-state index contributed by atoms with van der Waals surface area (Å²) in [6.07, 6.45) is 4.69. The second-order valence-electron chi connectivity index (χ2n) is 9.42. The van der Waals surface area contributed by atoms with Gasteiger partial charge in [-0.15, -0.1) is 0 Å². The average Bonchev–Trinajstić information content (AvgIpc) is 3.51. The van der Waals surface area contributed by atoms with Crippen molar-refractivity contribution in [3.8, 4) is 0 Å². The fourth-order valence-corrected chi connectivity index (χ4v) is 4.96. The van der Waals surface area contributed by atoms with Crippen molar-refractivity contribution in [2.45, 2.75) is 39.2 Å². The summed E-state index contributed by atoms with van der Waals surface area (Å²) in [5, 5.41) is 11.2. The molecule has 1 aromatic heterocycles. The van der Waals surface area contributed by atoms with Crippen LogP contribution >= 0.6 is 0 Å². The van der Waals surface area contributed by atoms with Gasteiger partial charge in [0.2, 0.25) is 0 Å². The zero-order valence-corrected chi connectivity index (χ0v) is 20.1. The van der Waals surface area contributed by atoms with E-state index in [0.29, 0.717) is 17.0 Å². The molecule has 0 saturated carbocycles. The SMILES string of the molecule is CCc1ccc(/C(O)=C2/C(=O)C(=O)N(c3ccc(N4CCC(C)CC4)cc3)C2c2ccco2)cc1. The number of piperidine rings is 1. The first-order valence-corrected chi connectivity index (χ1v) is 12.3. The van der Waals surface area contributed by atoms with Crippen molar-refractivity contribution in [3.63, 3.8) is 0 Å². The number of aliphatic hydroxyl groups is 1. The highest BCUT2D eigenvalue weighted by Gasteiger charge is 2.48. The highest BCUT2D eigenvalue weighted by atomic mass is 16.3. The summed E-state index contributed by atoms with van der Waals surface area (Å²) in [6.45, 7) is 6.35. The van der Waals surface area contributed by atoms with E-state index in [-0.39, 0.29) is 11.3 Å². The van der Waals surface area contributed by atoms with E-state index in [1.165, 1.54) is 11.2 Å². The molecule has 180 valence electrons. The molecule has 1 atom stereocenters. The maximum atomic E-state index is 13.3. The molecule has 0 radical (unpaired) electrons. The third-order valence-electron chi connectivity index (χ3n) is 7.17. The van der Waals surface area contributed by atoms with Gasteiger partial charge in [-0.2, -0.15) is 0 Å². The molecule has 3 aromatic rings. The van der Waals surface area contributed by atoms with E-state index in [1.54, 1.807) is 24.3 Å². The lowest BCUT2D eigenvalue weighted by Gasteiger charge is -2.32. The maximum absolute atomic E-state index is 13.3.